The topological polar surface area (TPSA) is 78.4 Å². The fourth-order valence-electron chi connectivity index (χ4n) is 1.52. The van der Waals surface area contributed by atoms with Crippen LogP contribution in [0, 0.1) is 0 Å². The van der Waals surface area contributed by atoms with Gasteiger partial charge in [0.05, 0.1) is 6.10 Å². The van der Waals surface area contributed by atoms with Crippen LogP contribution in [0.2, 0.25) is 5.02 Å². The van der Waals surface area contributed by atoms with Crippen LogP contribution in [0.15, 0.2) is 24.3 Å². The minimum absolute atomic E-state index is 0.0738. The minimum Gasteiger partial charge on any atom is -0.387 e. The fourth-order valence-corrected chi connectivity index (χ4v) is 1.65. The van der Waals surface area contributed by atoms with Crippen molar-refractivity contribution in [1.82, 2.24) is 10.6 Å². The van der Waals surface area contributed by atoms with Crippen molar-refractivity contribution in [1.29, 1.82) is 0 Å². The molecule has 1 aromatic rings. The van der Waals surface area contributed by atoms with Gasteiger partial charge in [-0.2, -0.15) is 0 Å². The molecule has 2 amide bonds. The molecule has 0 saturated heterocycles. The van der Waals surface area contributed by atoms with E-state index in [1.54, 1.807) is 31.2 Å². The molecule has 0 fully saturated rings. The number of hydrogen-bond acceptors (Lipinski definition) is 3. The normalized spacial score (nSPS) is 13.5. The van der Waals surface area contributed by atoms with Crippen LogP contribution in [0.1, 0.15) is 25.5 Å². The zero-order valence-corrected chi connectivity index (χ0v) is 11.6. The van der Waals surface area contributed by atoms with Gasteiger partial charge >= 0.3 is 0 Å². The van der Waals surface area contributed by atoms with Gasteiger partial charge in [-0.15, -0.1) is 0 Å². The Morgan fingerprint density at radius 2 is 1.89 bits per heavy atom. The summed E-state index contributed by atoms with van der Waals surface area (Å²) in [5.74, 6) is -0.621. The van der Waals surface area contributed by atoms with E-state index in [9.17, 15) is 14.7 Å². The Balaban J connectivity index is 2.45. The summed E-state index contributed by atoms with van der Waals surface area (Å²) < 4.78 is 0. The number of amides is 2. The van der Waals surface area contributed by atoms with E-state index in [4.69, 9.17) is 11.6 Å². The first-order valence-corrected chi connectivity index (χ1v) is 6.26. The van der Waals surface area contributed by atoms with Crippen LogP contribution in [-0.2, 0) is 9.59 Å². The van der Waals surface area contributed by atoms with Gasteiger partial charge in [-0.1, -0.05) is 23.7 Å². The maximum atomic E-state index is 11.6. The molecule has 6 heteroatoms. The van der Waals surface area contributed by atoms with E-state index >= 15 is 0 Å². The van der Waals surface area contributed by atoms with Crippen molar-refractivity contribution in [2.75, 3.05) is 6.54 Å². The van der Waals surface area contributed by atoms with Crippen LogP contribution in [0.3, 0.4) is 0 Å². The molecule has 104 valence electrons. The van der Waals surface area contributed by atoms with Crippen LogP contribution in [-0.4, -0.2) is 29.5 Å². The molecule has 0 aliphatic carbocycles. The summed E-state index contributed by atoms with van der Waals surface area (Å²) >= 11 is 5.74. The van der Waals surface area contributed by atoms with Crippen molar-refractivity contribution in [3.8, 4) is 0 Å². The number of aliphatic hydroxyl groups excluding tert-OH is 1. The van der Waals surface area contributed by atoms with Crippen LogP contribution < -0.4 is 10.6 Å². The number of carbonyl (C=O) groups excluding carboxylic acids is 2. The highest BCUT2D eigenvalue weighted by atomic mass is 35.5. The minimum atomic E-state index is -0.814. The van der Waals surface area contributed by atoms with Crippen LogP contribution in [0.4, 0.5) is 0 Å². The highest BCUT2D eigenvalue weighted by Crippen LogP contribution is 2.15. The van der Waals surface area contributed by atoms with E-state index in [2.05, 4.69) is 10.6 Å². The highest BCUT2D eigenvalue weighted by molar-refractivity contribution is 6.30. The van der Waals surface area contributed by atoms with Gasteiger partial charge in [-0.25, -0.2) is 0 Å². The Hall–Kier alpha value is -1.59. The Morgan fingerprint density at radius 1 is 1.32 bits per heavy atom. The predicted molar refractivity (Wildman–Crippen MR) is 72.7 cm³/mol. The molecule has 0 bridgehead atoms. The molecule has 0 aliphatic heterocycles. The lowest BCUT2D eigenvalue weighted by Gasteiger charge is -2.16. The van der Waals surface area contributed by atoms with Crippen molar-refractivity contribution in [2.45, 2.75) is 26.0 Å². The highest BCUT2D eigenvalue weighted by Gasteiger charge is 2.15. The predicted octanol–water partition coefficient (Wildman–Crippen LogP) is 1.01. The maximum Gasteiger partial charge on any atom is 0.242 e. The average Bonchev–Trinajstić information content (AvgIpc) is 2.35. The quantitative estimate of drug-likeness (QED) is 0.755. The number of carbonyl (C=O) groups is 2. The first-order valence-electron chi connectivity index (χ1n) is 5.88. The second-order valence-corrected chi connectivity index (χ2v) is 4.67. The van der Waals surface area contributed by atoms with Crippen molar-refractivity contribution in [3.63, 3.8) is 0 Å². The third kappa shape index (κ3) is 5.28. The van der Waals surface area contributed by atoms with E-state index < -0.39 is 12.1 Å². The first-order chi connectivity index (χ1) is 8.90. The molecular weight excluding hydrogens is 268 g/mol. The zero-order chi connectivity index (χ0) is 14.4. The number of hydrogen-bond donors (Lipinski definition) is 3. The molecule has 0 radical (unpaired) electrons. The molecule has 0 aliphatic rings. The Kier molecular flexibility index (Phi) is 5.79. The lowest BCUT2D eigenvalue weighted by Crippen LogP contribution is -2.45. The largest absolute Gasteiger partial charge is 0.387 e. The fraction of sp³-hybridized carbons (Fsp3) is 0.385. The van der Waals surface area contributed by atoms with Crippen molar-refractivity contribution >= 4 is 23.4 Å². The lowest BCUT2D eigenvalue weighted by atomic mass is 10.1. The first kappa shape index (κ1) is 15.5. The van der Waals surface area contributed by atoms with Gasteiger partial charge in [0.2, 0.25) is 11.8 Å². The van der Waals surface area contributed by atoms with Gasteiger partial charge in [-0.05, 0) is 24.6 Å². The third-order valence-electron chi connectivity index (χ3n) is 2.54. The van der Waals surface area contributed by atoms with Crippen molar-refractivity contribution < 1.29 is 14.7 Å². The maximum absolute atomic E-state index is 11.6. The molecule has 0 spiro atoms. The molecule has 1 rings (SSSR count). The van der Waals surface area contributed by atoms with Gasteiger partial charge in [0.1, 0.15) is 6.04 Å². The summed E-state index contributed by atoms with van der Waals surface area (Å²) in [4.78, 5) is 22.4. The second kappa shape index (κ2) is 7.11. The lowest BCUT2D eigenvalue weighted by molar-refractivity contribution is -0.127. The van der Waals surface area contributed by atoms with Crippen molar-refractivity contribution in [2.24, 2.45) is 0 Å². The molecule has 3 N–H and O–H groups in total. The van der Waals surface area contributed by atoms with Crippen LogP contribution in [0.25, 0.3) is 0 Å². The van der Waals surface area contributed by atoms with Gasteiger partial charge < -0.3 is 15.7 Å². The summed E-state index contributed by atoms with van der Waals surface area (Å²) in [5.41, 5.74) is 0.664. The summed E-state index contributed by atoms with van der Waals surface area (Å²) in [5, 5.41) is 15.5. The van der Waals surface area contributed by atoms with Gasteiger partial charge in [-0.3, -0.25) is 9.59 Å². The number of aliphatic hydroxyl groups is 1. The summed E-state index contributed by atoms with van der Waals surface area (Å²) in [7, 11) is 0. The summed E-state index contributed by atoms with van der Waals surface area (Å²) in [6, 6.07) is 6.09. The number of halogens is 1. The molecule has 0 aromatic heterocycles. The van der Waals surface area contributed by atoms with Crippen LogP contribution >= 0.6 is 11.6 Å². The van der Waals surface area contributed by atoms with E-state index in [0.29, 0.717) is 10.6 Å². The van der Waals surface area contributed by atoms with Gasteiger partial charge in [0, 0.05) is 18.5 Å². The number of benzene rings is 1. The molecule has 2 atom stereocenters. The van der Waals surface area contributed by atoms with Crippen molar-refractivity contribution in [3.05, 3.63) is 34.9 Å². The van der Waals surface area contributed by atoms with Crippen LogP contribution in [0.5, 0.6) is 0 Å². The average molecular weight is 285 g/mol. The Morgan fingerprint density at radius 3 is 2.42 bits per heavy atom. The van der Waals surface area contributed by atoms with Gasteiger partial charge in [0.25, 0.3) is 0 Å². The molecule has 1 aromatic carbocycles. The standard InChI is InChI=1S/C13H17ClN2O3/c1-8(16-9(2)17)13(19)15-7-12(18)10-3-5-11(14)6-4-10/h3-6,8,12,18H,7H2,1-2H3,(H,15,19)(H,16,17). The van der Waals surface area contributed by atoms with E-state index in [1.165, 1.54) is 6.92 Å². The number of nitrogens with one attached hydrogen (secondary N) is 2. The SMILES string of the molecule is CC(=O)NC(C)C(=O)NCC(O)c1ccc(Cl)cc1. The zero-order valence-electron chi connectivity index (χ0n) is 10.8. The van der Waals surface area contributed by atoms with E-state index in [-0.39, 0.29) is 18.4 Å². The molecule has 0 heterocycles. The second-order valence-electron chi connectivity index (χ2n) is 4.23. The molecule has 19 heavy (non-hydrogen) atoms. The molecule has 5 nitrogen and oxygen atoms in total. The molecular formula is C13H17ClN2O3. The van der Waals surface area contributed by atoms with E-state index in [0.717, 1.165) is 0 Å². The Bertz CT molecular complexity index is 448. The van der Waals surface area contributed by atoms with E-state index in [1.807, 2.05) is 0 Å². The summed E-state index contributed by atoms with van der Waals surface area (Å²) in [6.45, 7) is 2.99. The number of rotatable bonds is 5. The Labute approximate surface area is 117 Å². The molecule has 2 unspecified atom stereocenters. The summed E-state index contributed by atoms with van der Waals surface area (Å²) in [6.07, 6.45) is -0.814. The van der Waals surface area contributed by atoms with Gasteiger partial charge in [0.15, 0.2) is 0 Å². The third-order valence-corrected chi connectivity index (χ3v) is 2.79. The smallest absolute Gasteiger partial charge is 0.242 e. The monoisotopic (exact) mass is 284 g/mol. The molecule has 0 saturated carbocycles.